The van der Waals surface area contributed by atoms with E-state index >= 15 is 0 Å². The van der Waals surface area contributed by atoms with Crippen molar-refractivity contribution in [3.05, 3.63) is 223 Å². The molecule has 1 heterocycles. The van der Waals surface area contributed by atoms with Gasteiger partial charge >= 0.3 is 0 Å². The van der Waals surface area contributed by atoms with Gasteiger partial charge < -0.3 is 9.32 Å². The van der Waals surface area contributed by atoms with Crippen molar-refractivity contribution in [3.63, 3.8) is 0 Å². The van der Waals surface area contributed by atoms with Crippen molar-refractivity contribution in [2.75, 3.05) is 4.90 Å². The van der Waals surface area contributed by atoms with E-state index in [-0.39, 0.29) is 5.41 Å². The summed E-state index contributed by atoms with van der Waals surface area (Å²) in [7, 11) is 0. The molecule has 0 atom stereocenters. The fourth-order valence-electron chi connectivity index (χ4n) is 9.34. The van der Waals surface area contributed by atoms with Gasteiger partial charge in [-0.15, -0.1) is 0 Å². The fraction of sp³-hybridized carbons (Fsp3) is 0.0526. The summed E-state index contributed by atoms with van der Waals surface area (Å²) in [6.07, 6.45) is 0. The minimum atomic E-state index is -0.0404. The summed E-state index contributed by atoms with van der Waals surface area (Å²) < 4.78 is 6.15. The molecule has 10 aromatic rings. The Morgan fingerprint density at radius 1 is 0.339 bits per heavy atom. The lowest BCUT2D eigenvalue weighted by atomic mass is 9.82. The Labute approximate surface area is 345 Å². The molecule has 0 bridgehead atoms. The summed E-state index contributed by atoms with van der Waals surface area (Å²) in [4.78, 5) is 2.41. The molecule has 0 saturated carbocycles. The van der Waals surface area contributed by atoms with E-state index in [4.69, 9.17) is 4.42 Å². The monoisotopic (exact) mass is 755 g/mol. The first-order valence-corrected chi connectivity index (χ1v) is 20.4. The van der Waals surface area contributed by atoms with Crippen molar-refractivity contribution in [2.45, 2.75) is 19.3 Å². The topological polar surface area (TPSA) is 16.4 Å². The Hall–Kier alpha value is -7.42. The Kier molecular flexibility index (Phi) is 8.20. The van der Waals surface area contributed by atoms with Gasteiger partial charge in [0, 0.05) is 33.1 Å². The molecule has 0 unspecified atom stereocenters. The highest BCUT2D eigenvalue weighted by atomic mass is 16.3. The second kappa shape index (κ2) is 13.9. The highest BCUT2D eigenvalue weighted by Crippen LogP contribution is 2.51. The molecule has 2 nitrogen and oxygen atoms in total. The lowest BCUT2D eigenvalue weighted by Gasteiger charge is -2.29. The Morgan fingerprint density at radius 2 is 0.932 bits per heavy atom. The summed E-state index contributed by atoms with van der Waals surface area (Å²) >= 11 is 0. The van der Waals surface area contributed by atoms with E-state index in [0.29, 0.717) is 0 Å². The van der Waals surface area contributed by atoms with Crippen LogP contribution in [0.25, 0.3) is 77.6 Å². The van der Waals surface area contributed by atoms with Gasteiger partial charge in [0.2, 0.25) is 0 Å². The van der Waals surface area contributed by atoms with Gasteiger partial charge in [0.05, 0.1) is 5.69 Å². The van der Waals surface area contributed by atoms with Crippen LogP contribution in [-0.4, -0.2) is 0 Å². The fourth-order valence-corrected chi connectivity index (χ4v) is 9.34. The number of anilines is 3. The molecule has 11 rings (SSSR count). The third-order valence-electron chi connectivity index (χ3n) is 12.3. The summed E-state index contributed by atoms with van der Waals surface area (Å²) in [6.45, 7) is 4.69. The number of fused-ring (bicyclic) bond motifs is 6. The average molecular weight is 756 g/mol. The molecule has 0 saturated heterocycles. The normalized spacial score (nSPS) is 12.7. The molecular weight excluding hydrogens is 715 g/mol. The van der Waals surface area contributed by atoms with Crippen molar-refractivity contribution in [1.29, 1.82) is 0 Å². The number of benzene rings is 9. The van der Waals surface area contributed by atoms with Gasteiger partial charge in [0.25, 0.3) is 0 Å². The van der Waals surface area contributed by atoms with Gasteiger partial charge in [-0.1, -0.05) is 172 Å². The van der Waals surface area contributed by atoms with Crippen LogP contribution in [0.3, 0.4) is 0 Å². The van der Waals surface area contributed by atoms with Gasteiger partial charge in [0.15, 0.2) is 0 Å². The predicted molar refractivity (Wildman–Crippen MR) is 248 cm³/mol. The van der Waals surface area contributed by atoms with E-state index in [0.717, 1.165) is 55.7 Å². The molecule has 0 fully saturated rings. The average Bonchev–Trinajstić information content (AvgIpc) is 3.78. The van der Waals surface area contributed by atoms with Crippen molar-refractivity contribution in [1.82, 2.24) is 0 Å². The summed E-state index contributed by atoms with van der Waals surface area (Å²) in [5.41, 5.74) is 19.9. The van der Waals surface area contributed by atoms with Crippen LogP contribution in [0.2, 0.25) is 0 Å². The molecular formula is C57H41NO. The lowest BCUT2D eigenvalue weighted by molar-refractivity contribution is 0.660. The summed E-state index contributed by atoms with van der Waals surface area (Å²) in [5, 5.41) is 2.27. The standard InChI is InChI=1S/C57H41NO/c1-57(2)52-24-11-8-21-47(52)50-37-42(29-33-53(50)57)45-19-6-7-20-46(45)48-22-9-12-25-54(48)58(44-18-14-17-40(35-44)38-15-4-3-5-16-38)43-31-27-39(28-32-43)41-30-34-56-51(36-41)49-23-10-13-26-55(49)59-56/h3-37H,1-2H3. The summed E-state index contributed by atoms with van der Waals surface area (Å²) in [6, 6.07) is 77.0. The van der Waals surface area contributed by atoms with E-state index in [2.05, 4.69) is 219 Å². The highest BCUT2D eigenvalue weighted by Gasteiger charge is 2.35. The van der Waals surface area contributed by atoms with E-state index in [1.165, 1.54) is 50.1 Å². The lowest BCUT2D eigenvalue weighted by Crippen LogP contribution is -2.14. The third kappa shape index (κ3) is 5.87. The largest absolute Gasteiger partial charge is 0.456 e. The quantitative estimate of drug-likeness (QED) is 0.161. The molecule has 0 radical (unpaired) electrons. The van der Waals surface area contributed by atoms with Crippen LogP contribution in [0.15, 0.2) is 217 Å². The first kappa shape index (κ1) is 34.8. The number of hydrogen-bond donors (Lipinski definition) is 0. The first-order chi connectivity index (χ1) is 29.0. The zero-order valence-corrected chi connectivity index (χ0v) is 33.1. The van der Waals surface area contributed by atoms with Crippen LogP contribution in [0, 0.1) is 0 Å². The Morgan fingerprint density at radius 3 is 1.78 bits per heavy atom. The smallest absolute Gasteiger partial charge is 0.135 e. The zero-order valence-electron chi connectivity index (χ0n) is 33.1. The van der Waals surface area contributed by atoms with Gasteiger partial charge in [-0.2, -0.15) is 0 Å². The van der Waals surface area contributed by atoms with E-state index in [1.54, 1.807) is 0 Å². The molecule has 59 heavy (non-hydrogen) atoms. The third-order valence-corrected chi connectivity index (χ3v) is 12.3. The summed E-state index contributed by atoms with van der Waals surface area (Å²) in [5.74, 6) is 0. The van der Waals surface area contributed by atoms with Crippen LogP contribution in [0.5, 0.6) is 0 Å². The Balaban J connectivity index is 1.05. The number of furan rings is 1. The van der Waals surface area contributed by atoms with Gasteiger partial charge in [0.1, 0.15) is 11.2 Å². The minimum absolute atomic E-state index is 0.0404. The molecule has 280 valence electrons. The molecule has 0 spiro atoms. The number of rotatable bonds is 7. The molecule has 0 N–H and O–H groups in total. The van der Waals surface area contributed by atoms with Gasteiger partial charge in [-0.05, 0) is 116 Å². The second-order valence-electron chi connectivity index (χ2n) is 16.1. The predicted octanol–water partition coefficient (Wildman–Crippen LogP) is 16.0. The molecule has 1 aromatic heterocycles. The van der Waals surface area contributed by atoms with Crippen LogP contribution in [0.4, 0.5) is 17.1 Å². The van der Waals surface area contributed by atoms with Crippen molar-refractivity contribution < 1.29 is 4.42 Å². The second-order valence-corrected chi connectivity index (χ2v) is 16.1. The molecule has 0 aliphatic heterocycles. The highest BCUT2D eigenvalue weighted by molar-refractivity contribution is 6.06. The molecule has 1 aliphatic carbocycles. The molecule has 0 amide bonds. The maximum Gasteiger partial charge on any atom is 0.135 e. The number of hydrogen-bond acceptors (Lipinski definition) is 2. The molecule has 1 aliphatic rings. The SMILES string of the molecule is CC1(C)c2ccccc2-c2cc(-c3ccccc3-c3ccccc3N(c3ccc(-c4ccc5oc6ccccc6c5c4)cc3)c3cccc(-c4ccccc4)c3)ccc21. The first-order valence-electron chi connectivity index (χ1n) is 20.4. The maximum atomic E-state index is 6.15. The van der Waals surface area contributed by atoms with Crippen LogP contribution < -0.4 is 4.90 Å². The van der Waals surface area contributed by atoms with Crippen LogP contribution in [-0.2, 0) is 5.41 Å². The Bertz CT molecular complexity index is 3190. The molecule has 2 heteroatoms. The van der Waals surface area contributed by atoms with Crippen molar-refractivity contribution in [3.8, 4) is 55.6 Å². The van der Waals surface area contributed by atoms with Gasteiger partial charge in [-0.3, -0.25) is 0 Å². The minimum Gasteiger partial charge on any atom is -0.456 e. The zero-order chi connectivity index (χ0) is 39.5. The number of nitrogens with zero attached hydrogens (tertiary/aromatic N) is 1. The van der Waals surface area contributed by atoms with Crippen LogP contribution in [0.1, 0.15) is 25.0 Å². The van der Waals surface area contributed by atoms with E-state index < -0.39 is 0 Å². The van der Waals surface area contributed by atoms with Gasteiger partial charge in [-0.25, -0.2) is 0 Å². The molecule has 9 aromatic carbocycles. The van der Waals surface area contributed by atoms with E-state index in [1.807, 2.05) is 12.1 Å². The van der Waals surface area contributed by atoms with E-state index in [9.17, 15) is 0 Å². The number of para-hydroxylation sites is 2. The van der Waals surface area contributed by atoms with Crippen molar-refractivity contribution >= 4 is 39.0 Å². The van der Waals surface area contributed by atoms with Crippen LogP contribution >= 0.6 is 0 Å². The maximum absolute atomic E-state index is 6.15. The van der Waals surface area contributed by atoms with Crippen molar-refractivity contribution in [2.24, 2.45) is 0 Å².